The van der Waals surface area contributed by atoms with E-state index in [9.17, 15) is 17.2 Å². The highest BCUT2D eigenvalue weighted by atomic mass is 35.5. The maximum Gasteiger partial charge on any atom is 0.263 e. The van der Waals surface area contributed by atoms with Crippen molar-refractivity contribution in [3.05, 3.63) is 34.5 Å². The van der Waals surface area contributed by atoms with E-state index in [0.29, 0.717) is 42.5 Å². The van der Waals surface area contributed by atoms with Gasteiger partial charge in [0.15, 0.2) is 10.3 Å². The normalized spacial score (nSPS) is 25.0. The molecule has 2 aromatic rings. The van der Waals surface area contributed by atoms with Crippen LogP contribution in [0.1, 0.15) is 12.8 Å². The first-order valence-electron chi connectivity index (χ1n) is 8.87. The topological polar surface area (TPSA) is 74.3 Å². The molecule has 3 atom stereocenters. The Bertz CT molecular complexity index is 972. The number of anilines is 2. The number of aromatic nitrogens is 1. The number of hydrogen-bond acceptors (Lipinski definition) is 6. The summed E-state index contributed by atoms with van der Waals surface area (Å²) >= 11 is 6.87. The molecular weight excluding hydrogens is 430 g/mol. The largest absolute Gasteiger partial charge is 0.384 e. The van der Waals surface area contributed by atoms with Crippen LogP contribution in [-0.2, 0) is 10.0 Å². The second-order valence-corrected chi connectivity index (χ2v) is 10.1. The van der Waals surface area contributed by atoms with E-state index in [4.69, 9.17) is 11.6 Å². The molecule has 4 rings (SSSR count). The Hall–Kier alpha value is -1.49. The monoisotopic (exact) mass is 448 g/mol. The fourth-order valence-corrected chi connectivity index (χ4v) is 6.03. The van der Waals surface area contributed by atoms with E-state index in [1.165, 1.54) is 12.1 Å². The zero-order chi connectivity index (χ0) is 19.9. The summed E-state index contributed by atoms with van der Waals surface area (Å²) in [7, 11) is -3.92. The zero-order valence-corrected chi connectivity index (χ0v) is 17.1. The summed E-state index contributed by atoms with van der Waals surface area (Å²) < 4.78 is 53.6. The number of rotatable bonds is 6. The molecular formula is C17H19ClF2N4O2S2. The lowest BCUT2D eigenvalue weighted by atomic mass is 9.98. The summed E-state index contributed by atoms with van der Waals surface area (Å²) in [6.45, 7) is 2.08. The minimum Gasteiger partial charge on any atom is -0.384 e. The predicted molar refractivity (Wildman–Crippen MR) is 106 cm³/mol. The van der Waals surface area contributed by atoms with E-state index in [0.717, 1.165) is 19.2 Å². The first-order valence-corrected chi connectivity index (χ1v) is 11.6. The van der Waals surface area contributed by atoms with E-state index >= 15 is 0 Å². The molecule has 152 valence electrons. The molecule has 2 unspecified atom stereocenters. The molecule has 0 aliphatic carbocycles. The number of alkyl halides is 1. The lowest BCUT2D eigenvalue weighted by Crippen LogP contribution is -2.29. The van der Waals surface area contributed by atoms with E-state index in [2.05, 4.69) is 19.9 Å². The maximum absolute atomic E-state index is 13.6. The Morgan fingerprint density at radius 3 is 2.93 bits per heavy atom. The van der Waals surface area contributed by atoms with Crippen molar-refractivity contribution in [2.24, 2.45) is 5.92 Å². The zero-order valence-electron chi connectivity index (χ0n) is 14.7. The molecule has 1 aromatic heterocycles. The minimum atomic E-state index is -3.92. The summed E-state index contributed by atoms with van der Waals surface area (Å²) in [6, 6.07) is 4.61. The molecule has 2 aliphatic rings. The van der Waals surface area contributed by atoms with Gasteiger partial charge in [0.05, 0.1) is 21.8 Å². The van der Waals surface area contributed by atoms with Crippen LogP contribution in [0.5, 0.6) is 0 Å². The van der Waals surface area contributed by atoms with Crippen molar-refractivity contribution in [2.75, 3.05) is 29.7 Å². The van der Waals surface area contributed by atoms with Crippen molar-refractivity contribution in [2.45, 2.75) is 30.0 Å². The summed E-state index contributed by atoms with van der Waals surface area (Å²) in [5.74, 6) is 0.335. The number of nitrogens with one attached hydrogen (secondary N) is 2. The van der Waals surface area contributed by atoms with Crippen molar-refractivity contribution in [1.82, 2.24) is 9.88 Å². The number of sulfonamides is 1. The second-order valence-electron chi connectivity index (χ2n) is 7.04. The molecule has 0 saturated carbocycles. The summed E-state index contributed by atoms with van der Waals surface area (Å²) in [6.07, 6.45) is 1.77. The molecule has 28 heavy (non-hydrogen) atoms. The van der Waals surface area contributed by atoms with Crippen molar-refractivity contribution < 1.29 is 17.2 Å². The third kappa shape index (κ3) is 4.10. The molecule has 6 nitrogen and oxygen atoms in total. The first-order chi connectivity index (χ1) is 13.3. The summed E-state index contributed by atoms with van der Waals surface area (Å²) in [5.41, 5.74) is 0.620. The van der Waals surface area contributed by atoms with Gasteiger partial charge in [0.1, 0.15) is 6.17 Å². The summed E-state index contributed by atoms with van der Waals surface area (Å²) in [4.78, 5) is 5.80. The molecule has 2 fully saturated rings. The SMILES string of the molecule is O=S(=O)(Nc1ncc(F)s1)c1ccc(NC[C@@H]2CCN3CC(F)CC23)c(Cl)c1. The van der Waals surface area contributed by atoms with Crippen LogP contribution in [0.15, 0.2) is 29.3 Å². The van der Waals surface area contributed by atoms with E-state index in [-0.39, 0.29) is 21.1 Å². The van der Waals surface area contributed by atoms with Crippen molar-refractivity contribution in [3.63, 3.8) is 0 Å². The van der Waals surface area contributed by atoms with Crippen LogP contribution in [0.2, 0.25) is 5.02 Å². The van der Waals surface area contributed by atoms with Gasteiger partial charge in [-0.15, -0.1) is 0 Å². The standard InChI is InChI=1S/C17H19ClF2N4O2S2/c18-13-6-12(28(25,26)23-17-22-8-16(20)27-17)1-2-14(13)21-7-10-3-4-24-9-11(19)5-15(10)24/h1-2,6,8,10-11,15,21H,3-5,7,9H2,(H,22,23)/t10-,11?,15?/m0/s1. The Morgan fingerprint density at radius 1 is 1.39 bits per heavy atom. The third-order valence-electron chi connectivity index (χ3n) is 5.23. The lowest BCUT2D eigenvalue weighted by Gasteiger charge is -2.21. The highest BCUT2D eigenvalue weighted by molar-refractivity contribution is 7.93. The number of hydrogen-bond donors (Lipinski definition) is 2. The minimum absolute atomic E-state index is 0.0400. The molecule has 11 heteroatoms. The average Bonchev–Trinajstić information content (AvgIpc) is 3.30. The van der Waals surface area contributed by atoms with Gasteiger partial charge in [-0.3, -0.25) is 9.62 Å². The number of halogens is 3. The molecule has 2 aliphatic heterocycles. The molecule has 0 bridgehead atoms. The Balaban J connectivity index is 1.41. The smallest absolute Gasteiger partial charge is 0.263 e. The summed E-state index contributed by atoms with van der Waals surface area (Å²) in [5, 5.41) is 2.89. The van der Waals surface area contributed by atoms with Crippen LogP contribution in [0.3, 0.4) is 0 Å². The van der Waals surface area contributed by atoms with Gasteiger partial charge in [-0.1, -0.05) is 22.9 Å². The Morgan fingerprint density at radius 2 is 2.21 bits per heavy atom. The molecule has 0 spiro atoms. The van der Waals surface area contributed by atoms with Crippen LogP contribution in [0.25, 0.3) is 0 Å². The van der Waals surface area contributed by atoms with Crippen molar-refractivity contribution >= 4 is 43.8 Å². The predicted octanol–water partition coefficient (Wildman–Crippen LogP) is 3.58. The molecule has 2 saturated heterocycles. The van der Waals surface area contributed by atoms with Crippen molar-refractivity contribution in [1.29, 1.82) is 0 Å². The van der Waals surface area contributed by atoms with Crippen LogP contribution >= 0.6 is 22.9 Å². The van der Waals surface area contributed by atoms with Gasteiger partial charge in [0, 0.05) is 19.1 Å². The van der Waals surface area contributed by atoms with Crippen LogP contribution in [0, 0.1) is 11.0 Å². The van der Waals surface area contributed by atoms with Gasteiger partial charge in [-0.2, -0.15) is 4.39 Å². The molecule has 1 aromatic carbocycles. The quantitative estimate of drug-likeness (QED) is 0.706. The molecule has 0 amide bonds. The van der Waals surface area contributed by atoms with E-state index < -0.39 is 21.3 Å². The average molecular weight is 449 g/mol. The van der Waals surface area contributed by atoms with Crippen LogP contribution < -0.4 is 10.0 Å². The van der Waals surface area contributed by atoms with Crippen molar-refractivity contribution in [3.8, 4) is 0 Å². The Labute approximate surface area is 171 Å². The first kappa shape index (κ1) is 19.8. The van der Waals surface area contributed by atoms with E-state index in [1.54, 1.807) is 6.07 Å². The van der Waals surface area contributed by atoms with Gasteiger partial charge < -0.3 is 5.32 Å². The highest BCUT2D eigenvalue weighted by Gasteiger charge is 2.41. The fourth-order valence-electron chi connectivity index (χ4n) is 3.91. The molecule has 2 N–H and O–H groups in total. The molecule has 0 radical (unpaired) electrons. The third-order valence-corrected chi connectivity index (χ3v) is 7.71. The van der Waals surface area contributed by atoms with Gasteiger partial charge in [0.25, 0.3) is 10.0 Å². The Kier molecular flexibility index (Phi) is 5.47. The van der Waals surface area contributed by atoms with Crippen LogP contribution in [-0.4, -0.2) is 50.1 Å². The van der Waals surface area contributed by atoms with Gasteiger partial charge in [-0.25, -0.2) is 17.8 Å². The van der Waals surface area contributed by atoms with Crippen LogP contribution in [0.4, 0.5) is 19.6 Å². The van der Waals surface area contributed by atoms with E-state index in [1.807, 2.05) is 0 Å². The van der Waals surface area contributed by atoms with Gasteiger partial charge >= 0.3 is 0 Å². The number of thiazole rings is 1. The number of fused-ring (bicyclic) bond motifs is 1. The second kappa shape index (κ2) is 7.74. The number of nitrogens with zero attached hydrogens (tertiary/aromatic N) is 2. The molecule has 3 heterocycles. The van der Waals surface area contributed by atoms with Gasteiger partial charge in [0.2, 0.25) is 0 Å². The highest BCUT2D eigenvalue weighted by Crippen LogP contribution is 2.35. The van der Waals surface area contributed by atoms with Gasteiger partial charge in [-0.05, 0) is 43.5 Å². The maximum atomic E-state index is 13.6. The lowest BCUT2D eigenvalue weighted by molar-refractivity contribution is 0.284. The fraction of sp³-hybridized carbons (Fsp3) is 0.471. The number of benzene rings is 1.